The van der Waals surface area contributed by atoms with E-state index in [1.807, 2.05) is 42.5 Å². The van der Waals surface area contributed by atoms with Crippen LogP contribution in [-0.2, 0) is 22.9 Å². The zero-order valence-corrected chi connectivity index (χ0v) is 29.0. The number of imidazole rings is 1. The van der Waals surface area contributed by atoms with Gasteiger partial charge in [-0.1, -0.05) is 99.0 Å². The van der Waals surface area contributed by atoms with Crippen molar-refractivity contribution in [2.75, 3.05) is 14.1 Å². The molecule has 5 aromatic rings. The van der Waals surface area contributed by atoms with Crippen molar-refractivity contribution in [3.05, 3.63) is 117 Å². The maximum atomic E-state index is 13.8. The summed E-state index contributed by atoms with van der Waals surface area (Å²) in [6, 6.07) is 25.9. The quantitative estimate of drug-likeness (QED) is 0.193. The molecular formula is C34H39ClN4O4SSi. The van der Waals surface area contributed by atoms with Crippen LogP contribution in [0.2, 0.25) is 23.2 Å². The van der Waals surface area contributed by atoms with E-state index in [-0.39, 0.29) is 11.3 Å². The SMILES string of the molecule is CC[Si](CC)(CC)c1nc(C(O)(c2ccc(Cl)cc2)c2ccc3c(c2)c(-c2ccccc2)cc(=O)n3C)cn1S(=O)(=O)N(C)C. The Kier molecular flexibility index (Phi) is 9.00. The normalized spacial score (nSPS) is 13.8. The molecule has 8 nitrogen and oxygen atoms in total. The highest BCUT2D eigenvalue weighted by Gasteiger charge is 2.43. The number of benzene rings is 3. The van der Waals surface area contributed by atoms with Crippen LogP contribution in [0, 0.1) is 0 Å². The maximum absolute atomic E-state index is 13.8. The van der Waals surface area contributed by atoms with Crippen molar-refractivity contribution < 1.29 is 13.5 Å². The van der Waals surface area contributed by atoms with Gasteiger partial charge in [-0.25, -0.2) is 8.96 Å². The van der Waals surface area contributed by atoms with Gasteiger partial charge in [-0.2, -0.15) is 12.7 Å². The first-order chi connectivity index (χ1) is 21.3. The molecule has 5 rings (SSSR count). The molecule has 0 bridgehead atoms. The van der Waals surface area contributed by atoms with Crippen LogP contribution in [0.4, 0.5) is 0 Å². The molecule has 0 radical (unpaired) electrons. The first-order valence-corrected chi connectivity index (χ1v) is 19.4. The van der Waals surface area contributed by atoms with E-state index in [0.717, 1.165) is 34.6 Å². The Morgan fingerprint density at radius 2 is 1.51 bits per heavy atom. The summed E-state index contributed by atoms with van der Waals surface area (Å²) in [6.45, 7) is 6.26. The predicted octanol–water partition coefficient (Wildman–Crippen LogP) is 5.71. The second kappa shape index (κ2) is 12.3. The number of hydrogen-bond donors (Lipinski definition) is 1. The first-order valence-electron chi connectivity index (χ1n) is 15.1. The molecule has 0 fully saturated rings. The molecule has 11 heteroatoms. The van der Waals surface area contributed by atoms with Gasteiger partial charge < -0.3 is 9.67 Å². The van der Waals surface area contributed by atoms with Gasteiger partial charge in [0.1, 0.15) is 19.2 Å². The van der Waals surface area contributed by atoms with Gasteiger partial charge in [-0.15, -0.1) is 0 Å². The van der Waals surface area contributed by atoms with Crippen LogP contribution >= 0.6 is 11.6 Å². The Hall–Kier alpha value is -3.54. The van der Waals surface area contributed by atoms with Crippen LogP contribution in [0.1, 0.15) is 37.6 Å². The van der Waals surface area contributed by atoms with Crippen LogP contribution in [-0.4, -0.2) is 53.5 Å². The van der Waals surface area contributed by atoms with Crippen molar-refractivity contribution in [3.63, 3.8) is 0 Å². The van der Waals surface area contributed by atoms with Gasteiger partial charge in [0, 0.05) is 43.8 Å². The number of pyridine rings is 1. The summed E-state index contributed by atoms with van der Waals surface area (Å²) in [6.07, 6.45) is 1.48. The van der Waals surface area contributed by atoms with E-state index in [1.54, 1.807) is 48.0 Å². The van der Waals surface area contributed by atoms with Gasteiger partial charge in [0.2, 0.25) is 0 Å². The lowest BCUT2D eigenvalue weighted by atomic mass is 9.82. The van der Waals surface area contributed by atoms with Crippen molar-refractivity contribution in [2.45, 2.75) is 44.5 Å². The molecule has 0 spiro atoms. The Labute approximate surface area is 270 Å². The van der Waals surface area contributed by atoms with E-state index in [2.05, 4.69) is 20.8 Å². The molecule has 236 valence electrons. The molecule has 0 aliphatic heterocycles. The third kappa shape index (κ3) is 5.48. The molecule has 1 unspecified atom stereocenters. The summed E-state index contributed by atoms with van der Waals surface area (Å²) >= 11 is 6.28. The predicted molar refractivity (Wildman–Crippen MR) is 185 cm³/mol. The molecule has 2 aromatic heterocycles. The highest BCUT2D eigenvalue weighted by molar-refractivity contribution is 7.87. The number of nitrogens with zero attached hydrogens (tertiary/aromatic N) is 4. The monoisotopic (exact) mass is 662 g/mol. The van der Waals surface area contributed by atoms with Crippen molar-refractivity contribution in [1.29, 1.82) is 0 Å². The van der Waals surface area contributed by atoms with Crippen LogP contribution in [0.25, 0.3) is 22.0 Å². The summed E-state index contributed by atoms with van der Waals surface area (Å²) < 4.78 is 31.6. The average Bonchev–Trinajstić information content (AvgIpc) is 3.51. The summed E-state index contributed by atoms with van der Waals surface area (Å²) in [5.74, 6) is 0. The van der Waals surface area contributed by atoms with Crippen LogP contribution in [0.3, 0.4) is 0 Å². The van der Waals surface area contributed by atoms with Gasteiger partial charge >= 0.3 is 10.2 Å². The van der Waals surface area contributed by atoms with E-state index in [0.29, 0.717) is 27.1 Å². The zero-order valence-electron chi connectivity index (χ0n) is 26.5. The number of hydrogen-bond acceptors (Lipinski definition) is 5. The smallest absolute Gasteiger partial charge is 0.308 e. The zero-order chi connectivity index (χ0) is 32.7. The minimum atomic E-state index is -3.97. The van der Waals surface area contributed by atoms with Crippen LogP contribution in [0.5, 0.6) is 0 Å². The minimum absolute atomic E-state index is 0.153. The van der Waals surface area contributed by atoms with Crippen molar-refractivity contribution in [1.82, 2.24) is 17.8 Å². The summed E-state index contributed by atoms with van der Waals surface area (Å²) in [5, 5.41) is 14.3. The molecule has 0 aliphatic carbocycles. The summed E-state index contributed by atoms with van der Waals surface area (Å²) in [5.41, 5.74) is 1.93. The van der Waals surface area contributed by atoms with Gasteiger partial charge in [-0.05, 0) is 46.5 Å². The molecule has 3 aromatic carbocycles. The lowest BCUT2D eigenvalue weighted by Crippen LogP contribution is -2.53. The fourth-order valence-corrected chi connectivity index (χ4v) is 11.4. The van der Waals surface area contributed by atoms with E-state index in [1.165, 1.54) is 28.6 Å². The van der Waals surface area contributed by atoms with Crippen molar-refractivity contribution >= 4 is 46.2 Å². The molecule has 0 saturated carbocycles. The molecule has 45 heavy (non-hydrogen) atoms. The summed E-state index contributed by atoms with van der Waals surface area (Å²) in [7, 11) is -1.66. The average molecular weight is 663 g/mol. The molecule has 1 N–H and O–H groups in total. The Bertz CT molecular complexity index is 2010. The molecule has 1 atom stereocenters. The Balaban J connectivity index is 1.89. The lowest BCUT2D eigenvalue weighted by molar-refractivity contribution is 0.121. The highest BCUT2D eigenvalue weighted by atomic mass is 35.5. The fourth-order valence-electron chi connectivity index (χ4n) is 6.16. The number of halogens is 1. The van der Waals surface area contributed by atoms with E-state index in [9.17, 15) is 18.3 Å². The molecular weight excluding hydrogens is 624 g/mol. The van der Waals surface area contributed by atoms with E-state index >= 15 is 0 Å². The molecule has 0 amide bonds. The standard InChI is InChI=1S/C34H39ClN4O4SSi/c1-7-45(8-2,9-3)33-36-31(23-39(33)44(42,43)37(4)5)34(41,25-15-18-27(35)19-16-25)26-17-20-30-29(21-26)28(22-32(40)38(30)6)24-13-11-10-12-14-24/h10-23,41H,7-9H2,1-6H3. The molecule has 2 heterocycles. The number of aryl methyl sites for hydroxylation is 1. The molecule has 0 aliphatic rings. The van der Waals surface area contributed by atoms with Gasteiger partial charge in [0.15, 0.2) is 5.60 Å². The Morgan fingerprint density at radius 1 is 0.911 bits per heavy atom. The second-order valence-corrected chi connectivity index (χ2v) is 19.2. The van der Waals surface area contributed by atoms with E-state index in [4.69, 9.17) is 16.6 Å². The topological polar surface area (TPSA) is 97.4 Å². The summed E-state index contributed by atoms with van der Waals surface area (Å²) in [4.78, 5) is 18.0. The van der Waals surface area contributed by atoms with Crippen molar-refractivity contribution in [3.8, 4) is 11.1 Å². The first kappa shape index (κ1) is 32.8. The fraction of sp³-hybridized carbons (Fsp3) is 0.294. The largest absolute Gasteiger partial charge is 0.374 e. The number of aliphatic hydroxyl groups is 1. The molecule has 0 saturated heterocycles. The highest BCUT2D eigenvalue weighted by Crippen LogP contribution is 2.39. The van der Waals surface area contributed by atoms with Gasteiger partial charge in [0.05, 0.1) is 5.52 Å². The van der Waals surface area contributed by atoms with E-state index < -0.39 is 23.9 Å². The van der Waals surface area contributed by atoms with Gasteiger partial charge in [0.25, 0.3) is 5.56 Å². The Morgan fingerprint density at radius 3 is 2.09 bits per heavy atom. The lowest BCUT2D eigenvalue weighted by Gasteiger charge is -2.29. The third-order valence-corrected chi connectivity index (χ3v) is 16.7. The second-order valence-electron chi connectivity index (χ2n) is 11.6. The number of fused-ring (bicyclic) bond motifs is 1. The third-order valence-electron chi connectivity index (χ3n) is 9.27. The minimum Gasteiger partial charge on any atom is -0.374 e. The maximum Gasteiger partial charge on any atom is 0.308 e. The number of aromatic nitrogens is 3. The van der Waals surface area contributed by atoms with Gasteiger partial charge in [-0.3, -0.25) is 4.79 Å². The van der Waals surface area contributed by atoms with Crippen molar-refractivity contribution in [2.24, 2.45) is 7.05 Å². The number of rotatable bonds is 10. The van der Waals surface area contributed by atoms with Crippen LogP contribution in [0.15, 0.2) is 89.9 Å². The van der Waals surface area contributed by atoms with Crippen LogP contribution < -0.4 is 11.0 Å².